The molecule has 0 heterocycles. The van der Waals surface area contributed by atoms with Crippen LogP contribution in [0.25, 0.3) is 0 Å². The zero-order valence-electron chi connectivity index (χ0n) is 13.5. The SMILES string of the molecule is COc1ccc(Br)cc1S(=O)(=O)NCC1(c2ccccc2)CCC1. The van der Waals surface area contributed by atoms with Gasteiger partial charge in [-0.15, -0.1) is 0 Å². The minimum Gasteiger partial charge on any atom is -0.495 e. The van der Waals surface area contributed by atoms with E-state index in [4.69, 9.17) is 4.74 Å². The van der Waals surface area contributed by atoms with Gasteiger partial charge in [0.2, 0.25) is 10.0 Å². The Morgan fingerprint density at radius 1 is 1.17 bits per heavy atom. The van der Waals surface area contributed by atoms with E-state index >= 15 is 0 Å². The Bertz CT molecular complexity index is 817. The van der Waals surface area contributed by atoms with Gasteiger partial charge in [0, 0.05) is 16.4 Å². The normalized spacial score (nSPS) is 16.4. The molecule has 1 aliphatic carbocycles. The number of nitrogens with one attached hydrogen (secondary N) is 1. The summed E-state index contributed by atoms with van der Waals surface area (Å²) in [6, 6.07) is 15.1. The maximum Gasteiger partial charge on any atom is 0.244 e. The molecule has 24 heavy (non-hydrogen) atoms. The highest BCUT2D eigenvalue weighted by molar-refractivity contribution is 9.10. The van der Waals surface area contributed by atoms with Crippen LogP contribution in [-0.2, 0) is 15.4 Å². The third-order valence-electron chi connectivity index (χ3n) is 4.71. The Labute approximate surface area is 151 Å². The maximum absolute atomic E-state index is 12.8. The molecule has 2 aromatic rings. The van der Waals surface area contributed by atoms with Crippen molar-refractivity contribution >= 4 is 26.0 Å². The van der Waals surface area contributed by atoms with E-state index in [0.29, 0.717) is 16.8 Å². The van der Waals surface area contributed by atoms with Crippen molar-refractivity contribution in [1.82, 2.24) is 4.72 Å². The maximum atomic E-state index is 12.8. The van der Waals surface area contributed by atoms with E-state index in [0.717, 1.165) is 19.3 Å². The van der Waals surface area contributed by atoms with Gasteiger partial charge in [0.1, 0.15) is 10.6 Å². The van der Waals surface area contributed by atoms with Crippen LogP contribution in [0.15, 0.2) is 57.9 Å². The van der Waals surface area contributed by atoms with Gasteiger partial charge in [-0.3, -0.25) is 0 Å². The van der Waals surface area contributed by atoms with Crippen molar-refractivity contribution in [3.8, 4) is 5.75 Å². The summed E-state index contributed by atoms with van der Waals surface area (Å²) in [5.74, 6) is 0.341. The monoisotopic (exact) mass is 409 g/mol. The van der Waals surface area contributed by atoms with Crippen molar-refractivity contribution < 1.29 is 13.2 Å². The molecule has 1 saturated carbocycles. The molecule has 0 aliphatic heterocycles. The zero-order valence-corrected chi connectivity index (χ0v) is 15.9. The summed E-state index contributed by atoms with van der Waals surface area (Å²) in [7, 11) is -2.18. The van der Waals surface area contributed by atoms with Crippen LogP contribution in [0.3, 0.4) is 0 Å². The van der Waals surface area contributed by atoms with Crippen LogP contribution in [0.5, 0.6) is 5.75 Å². The lowest BCUT2D eigenvalue weighted by atomic mass is 9.64. The minimum atomic E-state index is -3.65. The molecule has 6 heteroatoms. The molecule has 128 valence electrons. The molecule has 0 unspecified atom stereocenters. The van der Waals surface area contributed by atoms with E-state index in [2.05, 4.69) is 32.8 Å². The number of methoxy groups -OCH3 is 1. The fourth-order valence-corrected chi connectivity index (χ4v) is 4.97. The third kappa shape index (κ3) is 3.36. The Hall–Kier alpha value is -1.37. The highest BCUT2D eigenvalue weighted by Gasteiger charge is 2.39. The lowest BCUT2D eigenvalue weighted by molar-refractivity contribution is 0.245. The Morgan fingerprint density at radius 3 is 2.46 bits per heavy atom. The van der Waals surface area contributed by atoms with Crippen LogP contribution < -0.4 is 9.46 Å². The smallest absolute Gasteiger partial charge is 0.244 e. The summed E-state index contributed by atoms with van der Waals surface area (Å²) in [5, 5.41) is 0. The van der Waals surface area contributed by atoms with Crippen LogP contribution in [0.4, 0.5) is 0 Å². The Kier molecular flexibility index (Phi) is 4.99. The second-order valence-electron chi connectivity index (χ2n) is 6.12. The fourth-order valence-electron chi connectivity index (χ4n) is 3.13. The zero-order chi connectivity index (χ0) is 17.2. The van der Waals surface area contributed by atoms with Gasteiger partial charge in [-0.05, 0) is 36.6 Å². The number of ether oxygens (including phenoxy) is 1. The molecule has 1 fully saturated rings. The fraction of sp³-hybridized carbons (Fsp3) is 0.333. The standard InChI is InChI=1S/C18H20BrNO3S/c1-23-16-9-8-15(19)12-17(16)24(21,22)20-13-18(10-5-11-18)14-6-3-2-4-7-14/h2-4,6-9,12,20H,5,10-11,13H2,1H3. The van der Waals surface area contributed by atoms with Crippen LogP contribution in [-0.4, -0.2) is 22.1 Å². The van der Waals surface area contributed by atoms with E-state index in [1.807, 2.05) is 18.2 Å². The molecule has 0 aromatic heterocycles. The molecule has 1 aliphatic rings. The molecular weight excluding hydrogens is 390 g/mol. The van der Waals surface area contributed by atoms with Gasteiger partial charge in [0.25, 0.3) is 0 Å². The Balaban J connectivity index is 1.84. The molecule has 0 amide bonds. The van der Waals surface area contributed by atoms with Gasteiger partial charge < -0.3 is 4.74 Å². The highest BCUT2D eigenvalue weighted by Crippen LogP contribution is 2.43. The van der Waals surface area contributed by atoms with Crippen molar-refractivity contribution in [3.05, 3.63) is 58.6 Å². The summed E-state index contributed by atoms with van der Waals surface area (Å²) in [5.41, 5.74) is 1.09. The van der Waals surface area contributed by atoms with Crippen molar-refractivity contribution in [2.24, 2.45) is 0 Å². The minimum absolute atomic E-state index is 0.104. The molecule has 3 rings (SSSR count). The number of benzene rings is 2. The molecule has 0 bridgehead atoms. The van der Waals surface area contributed by atoms with E-state index < -0.39 is 10.0 Å². The number of sulfonamides is 1. The van der Waals surface area contributed by atoms with E-state index in [-0.39, 0.29) is 10.3 Å². The summed E-state index contributed by atoms with van der Waals surface area (Å²) in [6.07, 6.45) is 3.11. The quantitative estimate of drug-likeness (QED) is 0.787. The summed E-state index contributed by atoms with van der Waals surface area (Å²) in [6.45, 7) is 0.398. The first-order chi connectivity index (χ1) is 11.5. The molecule has 4 nitrogen and oxygen atoms in total. The molecule has 1 N–H and O–H groups in total. The average Bonchev–Trinajstić information content (AvgIpc) is 2.55. The summed E-state index contributed by atoms with van der Waals surface area (Å²) in [4.78, 5) is 0.155. The molecule has 0 saturated heterocycles. The largest absolute Gasteiger partial charge is 0.495 e. The summed E-state index contributed by atoms with van der Waals surface area (Å²) < 4.78 is 34.2. The number of hydrogen-bond acceptors (Lipinski definition) is 3. The average molecular weight is 410 g/mol. The van der Waals surface area contributed by atoms with Crippen LogP contribution >= 0.6 is 15.9 Å². The molecule has 2 aromatic carbocycles. The van der Waals surface area contributed by atoms with Crippen LogP contribution in [0.1, 0.15) is 24.8 Å². The predicted octanol–water partition coefficient (Wildman–Crippen LogP) is 3.86. The topological polar surface area (TPSA) is 55.4 Å². The second-order valence-corrected chi connectivity index (χ2v) is 8.77. The molecule has 0 spiro atoms. The van der Waals surface area contributed by atoms with Gasteiger partial charge in [-0.1, -0.05) is 52.7 Å². The molecule has 0 radical (unpaired) electrons. The predicted molar refractivity (Wildman–Crippen MR) is 97.9 cm³/mol. The van der Waals surface area contributed by atoms with E-state index in [1.165, 1.54) is 12.7 Å². The third-order valence-corrected chi connectivity index (χ3v) is 6.63. The van der Waals surface area contributed by atoms with Crippen molar-refractivity contribution in [2.75, 3.05) is 13.7 Å². The highest BCUT2D eigenvalue weighted by atomic mass is 79.9. The Morgan fingerprint density at radius 2 is 1.88 bits per heavy atom. The van der Waals surface area contributed by atoms with E-state index in [9.17, 15) is 8.42 Å². The number of hydrogen-bond donors (Lipinski definition) is 1. The van der Waals surface area contributed by atoms with Gasteiger partial charge in [0.05, 0.1) is 7.11 Å². The van der Waals surface area contributed by atoms with Crippen LogP contribution in [0.2, 0.25) is 0 Å². The first kappa shape index (κ1) is 17.5. The van der Waals surface area contributed by atoms with E-state index in [1.54, 1.807) is 18.2 Å². The lowest BCUT2D eigenvalue weighted by Gasteiger charge is -2.42. The van der Waals surface area contributed by atoms with Crippen molar-refractivity contribution in [1.29, 1.82) is 0 Å². The van der Waals surface area contributed by atoms with Gasteiger partial charge >= 0.3 is 0 Å². The number of halogens is 1. The molecular formula is C18H20BrNO3S. The summed E-state index contributed by atoms with van der Waals surface area (Å²) >= 11 is 3.32. The lowest BCUT2D eigenvalue weighted by Crippen LogP contribution is -2.45. The van der Waals surface area contributed by atoms with Gasteiger partial charge in [0.15, 0.2) is 0 Å². The first-order valence-electron chi connectivity index (χ1n) is 7.86. The van der Waals surface area contributed by atoms with Crippen LogP contribution in [0, 0.1) is 0 Å². The number of rotatable bonds is 6. The van der Waals surface area contributed by atoms with Crippen molar-refractivity contribution in [2.45, 2.75) is 29.6 Å². The van der Waals surface area contributed by atoms with Gasteiger partial charge in [-0.2, -0.15) is 0 Å². The van der Waals surface area contributed by atoms with Crippen molar-refractivity contribution in [3.63, 3.8) is 0 Å². The van der Waals surface area contributed by atoms with Gasteiger partial charge in [-0.25, -0.2) is 13.1 Å². The second kappa shape index (κ2) is 6.86. The first-order valence-corrected chi connectivity index (χ1v) is 10.1. The molecule has 0 atom stereocenters.